The molecule has 10 heteroatoms. The lowest BCUT2D eigenvalue weighted by Gasteiger charge is -2.30. The first kappa shape index (κ1) is 19.6. The van der Waals surface area contributed by atoms with Gasteiger partial charge < -0.3 is 9.47 Å². The second kappa shape index (κ2) is 8.22. The Hall–Kier alpha value is -2.20. The zero-order valence-corrected chi connectivity index (χ0v) is 16.6. The molecule has 148 valence electrons. The quantitative estimate of drug-likeness (QED) is 0.706. The van der Waals surface area contributed by atoms with Crippen LogP contribution in [0.1, 0.15) is 33.6 Å². The number of piperidine rings is 1. The van der Waals surface area contributed by atoms with Gasteiger partial charge in [-0.15, -0.1) is 5.10 Å². The van der Waals surface area contributed by atoms with Gasteiger partial charge in [-0.3, -0.25) is 0 Å². The minimum Gasteiger partial charge on any atom is -0.492 e. The SMILES string of the molecule is CCOc1cc(S(=O)(=O)N2CCC(C)CC2)c(OCC)cc1-n1cnnn1. The Morgan fingerprint density at radius 3 is 2.37 bits per heavy atom. The Morgan fingerprint density at radius 1 is 1.11 bits per heavy atom. The Balaban J connectivity index is 2.09. The summed E-state index contributed by atoms with van der Waals surface area (Å²) in [6.07, 6.45) is 3.13. The summed E-state index contributed by atoms with van der Waals surface area (Å²) in [5, 5.41) is 11.2. The highest BCUT2D eigenvalue weighted by Crippen LogP contribution is 2.36. The average Bonchev–Trinajstić information content (AvgIpc) is 3.18. The molecular formula is C17H25N5O4S. The molecule has 0 spiro atoms. The van der Waals surface area contributed by atoms with E-state index in [1.807, 2.05) is 13.8 Å². The number of ether oxygens (including phenoxy) is 2. The van der Waals surface area contributed by atoms with E-state index in [0.717, 1.165) is 12.8 Å². The van der Waals surface area contributed by atoms with Crippen LogP contribution in [0.2, 0.25) is 0 Å². The van der Waals surface area contributed by atoms with Crippen LogP contribution in [0.15, 0.2) is 23.4 Å². The van der Waals surface area contributed by atoms with Gasteiger partial charge in [0.25, 0.3) is 0 Å². The van der Waals surface area contributed by atoms with Crippen molar-refractivity contribution in [2.24, 2.45) is 5.92 Å². The Bertz CT molecular complexity index is 862. The zero-order valence-electron chi connectivity index (χ0n) is 15.8. The van der Waals surface area contributed by atoms with Crippen molar-refractivity contribution in [1.29, 1.82) is 0 Å². The van der Waals surface area contributed by atoms with Crippen LogP contribution in [0, 0.1) is 5.92 Å². The fraction of sp³-hybridized carbons (Fsp3) is 0.588. The highest BCUT2D eigenvalue weighted by atomic mass is 32.2. The highest BCUT2D eigenvalue weighted by Gasteiger charge is 2.32. The molecule has 0 aliphatic carbocycles. The Labute approximate surface area is 159 Å². The summed E-state index contributed by atoms with van der Waals surface area (Å²) in [4.78, 5) is 0.110. The van der Waals surface area contributed by atoms with Gasteiger partial charge in [-0.1, -0.05) is 6.92 Å². The molecule has 0 unspecified atom stereocenters. The number of tetrazole rings is 1. The number of aromatic nitrogens is 4. The molecule has 1 aromatic carbocycles. The summed E-state index contributed by atoms with van der Waals surface area (Å²) in [7, 11) is -3.70. The molecule has 0 amide bonds. The molecule has 1 fully saturated rings. The number of benzene rings is 1. The van der Waals surface area contributed by atoms with E-state index in [9.17, 15) is 8.42 Å². The first-order valence-electron chi connectivity index (χ1n) is 9.14. The maximum absolute atomic E-state index is 13.3. The van der Waals surface area contributed by atoms with Crippen LogP contribution in [0.5, 0.6) is 11.5 Å². The van der Waals surface area contributed by atoms with Crippen LogP contribution in [-0.2, 0) is 10.0 Å². The number of hydrogen-bond donors (Lipinski definition) is 0. The monoisotopic (exact) mass is 395 g/mol. The van der Waals surface area contributed by atoms with Gasteiger partial charge in [0.2, 0.25) is 10.0 Å². The molecule has 0 saturated carbocycles. The first-order chi connectivity index (χ1) is 13.0. The third-order valence-corrected chi connectivity index (χ3v) is 6.50. The van der Waals surface area contributed by atoms with Gasteiger partial charge in [-0.05, 0) is 43.0 Å². The summed E-state index contributed by atoms with van der Waals surface area (Å²) in [5.41, 5.74) is 0.525. The van der Waals surface area contributed by atoms with Crippen LogP contribution in [0.25, 0.3) is 5.69 Å². The lowest BCUT2D eigenvalue weighted by molar-refractivity contribution is 0.284. The largest absolute Gasteiger partial charge is 0.492 e. The molecule has 1 aliphatic rings. The maximum Gasteiger partial charge on any atom is 0.246 e. The minimum atomic E-state index is -3.70. The van der Waals surface area contributed by atoms with Gasteiger partial charge in [0.15, 0.2) is 0 Å². The molecule has 1 aliphatic heterocycles. The van der Waals surface area contributed by atoms with Crippen LogP contribution in [0.4, 0.5) is 0 Å². The Kier molecular flexibility index (Phi) is 5.95. The van der Waals surface area contributed by atoms with Crippen molar-refractivity contribution in [2.45, 2.75) is 38.5 Å². The molecule has 3 rings (SSSR count). The number of rotatable bonds is 7. The van der Waals surface area contributed by atoms with E-state index < -0.39 is 10.0 Å². The molecule has 0 atom stereocenters. The third-order valence-electron chi connectivity index (χ3n) is 4.58. The maximum atomic E-state index is 13.3. The molecular weight excluding hydrogens is 370 g/mol. The van der Waals surface area contributed by atoms with Crippen LogP contribution >= 0.6 is 0 Å². The second-order valence-corrected chi connectivity index (χ2v) is 8.38. The molecule has 9 nitrogen and oxygen atoms in total. The van der Waals surface area contributed by atoms with E-state index >= 15 is 0 Å². The predicted molar refractivity (Wildman–Crippen MR) is 98.6 cm³/mol. The predicted octanol–water partition coefficient (Wildman–Crippen LogP) is 1.88. The fourth-order valence-electron chi connectivity index (χ4n) is 3.09. The second-order valence-electron chi connectivity index (χ2n) is 6.47. The topological polar surface area (TPSA) is 99.4 Å². The van der Waals surface area contributed by atoms with Gasteiger partial charge in [0, 0.05) is 25.2 Å². The van der Waals surface area contributed by atoms with Gasteiger partial charge in [-0.25, -0.2) is 8.42 Å². The van der Waals surface area contributed by atoms with Crippen molar-refractivity contribution in [3.63, 3.8) is 0 Å². The molecule has 0 radical (unpaired) electrons. The average molecular weight is 395 g/mol. The molecule has 0 N–H and O–H groups in total. The van der Waals surface area contributed by atoms with Gasteiger partial charge >= 0.3 is 0 Å². The summed E-state index contributed by atoms with van der Waals surface area (Å²) >= 11 is 0. The molecule has 27 heavy (non-hydrogen) atoms. The van der Waals surface area contributed by atoms with Gasteiger partial charge in [0.1, 0.15) is 28.4 Å². The van der Waals surface area contributed by atoms with Crippen LogP contribution in [-0.4, -0.2) is 59.2 Å². The van der Waals surface area contributed by atoms with Crippen molar-refractivity contribution in [3.05, 3.63) is 18.5 Å². The molecule has 1 saturated heterocycles. The van der Waals surface area contributed by atoms with E-state index in [-0.39, 0.29) is 10.6 Å². The minimum absolute atomic E-state index is 0.110. The molecule has 2 aromatic rings. The number of hydrogen-bond acceptors (Lipinski definition) is 7. The molecule has 1 aromatic heterocycles. The van der Waals surface area contributed by atoms with Crippen LogP contribution in [0.3, 0.4) is 0 Å². The van der Waals surface area contributed by atoms with E-state index in [1.54, 1.807) is 6.07 Å². The van der Waals surface area contributed by atoms with Crippen molar-refractivity contribution in [2.75, 3.05) is 26.3 Å². The Morgan fingerprint density at radius 2 is 1.78 bits per heavy atom. The van der Waals surface area contributed by atoms with E-state index in [1.165, 1.54) is 21.4 Å². The third kappa shape index (κ3) is 4.06. The lowest BCUT2D eigenvalue weighted by atomic mass is 10.0. The normalized spacial score (nSPS) is 16.4. The molecule has 2 heterocycles. The van der Waals surface area contributed by atoms with Gasteiger partial charge in [-0.2, -0.15) is 8.99 Å². The number of nitrogens with zero attached hydrogens (tertiary/aromatic N) is 5. The van der Waals surface area contributed by atoms with E-state index in [0.29, 0.717) is 43.7 Å². The summed E-state index contributed by atoms with van der Waals surface area (Å²) in [6, 6.07) is 3.13. The lowest BCUT2D eigenvalue weighted by Crippen LogP contribution is -2.38. The van der Waals surface area contributed by atoms with Crippen molar-refractivity contribution in [3.8, 4) is 17.2 Å². The van der Waals surface area contributed by atoms with Gasteiger partial charge in [0.05, 0.1) is 13.2 Å². The summed E-state index contributed by atoms with van der Waals surface area (Å²) < 4.78 is 40.9. The number of sulfonamides is 1. The van der Waals surface area contributed by atoms with Crippen molar-refractivity contribution >= 4 is 10.0 Å². The first-order valence-corrected chi connectivity index (χ1v) is 10.6. The molecule has 0 bridgehead atoms. The zero-order chi connectivity index (χ0) is 19.4. The van der Waals surface area contributed by atoms with Crippen molar-refractivity contribution in [1.82, 2.24) is 24.5 Å². The van der Waals surface area contributed by atoms with E-state index in [4.69, 9.17) is 9.47 Å². The smallest absolute Gasteiger partial charge is 0.246 e. The summed E-state index contributed by atoms with van der Waals surface area (Å²) in [6.45, 7) is 7.52. The standard InChI is InChI=1S/C17H25N5O4S/c1-4-25-15-11-17(27(23,24)21-8-6-13(3)7-9-21)16(26-5-2)10-14(15)22-12-18-19-20-22/h10-13H,4-9H2,1-3H3. The van der Waals surface area contributed by atoms with Crippen molar-refractivity contribution < 1.29 is 17.9 Å². The fourth-order valence-corrected chi connectivity index (χ4v) is 4.68. The van der Waals surface area contributed by atoms with E-state index in [2.05, 4.69) is 22.4 Å². The highest BCUT2D eigenvalue weighted by molar-refractivity contribution is 7.89. The summed E-state index contributed by atoms with van der Waals surface area (Å²) in [5.74, 6) is 1.19. The van der Waals surface area contributed by atoms with Crippen LogP contribution < -0.4 is 9.47 Å².